The fourth-order valence-electron chi connectivity index (χ4n) is 4.69. The average molecular weight is 448 g/mol. The van der Waals surface area contributed by atoms with Gasteiger partial charge in [0, 0.05) is 33.2 Å². The van der Waals surface area contributed by atoms with E-state index in [0.29, 0.717) is 27.6 Å². The molecular weight excluding hydrogens is 425 g/mol. The van der Waals surface area contributed by atoms with Crippen LogP contribution in [0.25, 0.3) is 44.4 Å². The van der Waals surface area contributed by atoms with Crippen LogP contribution >= 0.6 is 0 Å². The van der Waals surface area contributed by atoms with Crippen LogP contribution in [-0.2, 0) is 0 Å². The number of nitrogens with one attached hydrogen (secondary N) is 1. The average Bonchev–Trinajstić information content (AvgIpc) is 3.21. The Bertz CT molecular complexity index is 1550. The smallest absolute Gasteiger partial charge is 0.150 e. The number of carbonyl (C=O) groups is 2. The molecule has 0 spiro atoms. The number of hydrogen-bond donors (Lipinski definition) is 1. The standard InChI is InChI=1S/C30H22FNO2/c1-18-9-11-25(19(2)13-18)20-5-3-6-21(14-20)30-29(26-15-24(31)10-12-27(26)32-30)28-22(16-33)7-4-8-23(28)17-34/h3-17,32H,1-2H3. The van der Waals surface area contributed by atoms with E-state index in [2.05, 4.69) is 49.2 Å². The number of hydrogen-bond acceptors (Lipinski definition) is 2. The third-order valence-electron chi connectivity index (χ3n) is 6.24. The van der Waals surface area contributed by atoms with E-state index in [1.54, 1.807) is 24.3 Å². The lowest BCUT2D eigenvalue weighted by molar-refractivity contribution is 0.112. The van der Waals surface area contributed by atoms with Crippen LogP contribution in [0.15, 0.2) is 78.9 Å². The minimum Gasteiger partial charge on any atom is -0.354 e. The third-order valence-corrected chi connectivity index (χ3v) is 6.24. The number of H-pyrrole nitrogens is 1. The summed E-state index contributed by atoms with van der Waals surface area (Å²) in [4.78, 5) is 27.3. The summed E-state index contributed by atoms with van der Waals surface area (Å²) in [6.45, 7) is 4.15. The Morgan fingerprint density at radius 2 is 1.44 bits per heavy atom. The van der Waals surface area contributed by atoms with Gasteiger partial charge in [0.2, 0.25) is 0 Å². The topological polar surface area (TPSA) is 49.9 Å². The molecule has 3 nitrogen and oxygen atoms in total. The van der Waals surface area contributed by atoms with Gasteiger partial charge in [0.05, 0.1) is 5.69 Å². The zero-order valence-corrected chi connectivity index (χ0v) is 18.9. The van der Waals surface area contributed by atoms with Crippen LogP contribution in [0.3, 0.4) is 0 Å². The zero-order valence-electron chi connectivity index (χ0n) is 18.9. The minimum absolute atomic E-state index is 0.376. The molecule has 0 atom stereocenters. The highest BCUT2D eigenvalue weighted by Gasteiger charge is 2.21. The van der Waals surface area contributed by atoms with Gasteiger partial charge >= 0.3 is 0 Å². The van der Waals surface area contributed by atoms with E-state index in [1.165, 1.54) is 23.3 Å². The van der Waals surface area contributed by atoms with E-state index in [0.717, 1.165) is 40.5 Å². The molecule has 0 unspecified atom stereocenters. The fraction of sp³-hybridized carbons (Fsp3) is 0.0667. The van der Waals surface area contributed by atoms with E-state index in [4.69, 9.17) is 0 Å². The van der Waals surface area contributed by atoms with Crippen molar-refractivity contribution in [1.29, 1.82) is 0 Å². The van der Waals surface area contributed by atoms with Crippen molar-refractivity contribution in [3.63, 3.8) is 0 Å². The van der Waals surface area contributed by atoms with Crippen molar-refractivity contribution in [3.05, 3.63) is 107 Å². The highest BCUT2D eigenvalue weighted by molar-refractivity contribution is 6.10. The van der Waals surface area contributed by atoms with Crippen LogP contribution < -0.4 is 0 Å². The molecule has 5 aromatic rings. The van der Waals surface area contributed by atoms with Crippen LogP contribution in [0.1, 0.15) is 31.8 Å². The molecule has 0 aliphatic carbocycles. The van der Waals surface area contributed by atoms with Crippen molar-refractivity contribution >= 4 is 23.5 Å². The summed E-state index contributed by atoms with van der Waals surface area (Å²) in [5.41, 5.74) is 8.75. The van der Waals surface area contributed by atoms with Gasteiger partial charge in [0.25, 0.3) is 0 Å². The lowest BCUT2D eigenvalue weighted by Crippen LogP contribution is -1.95. The largest absolute Gasteiger partial charge is 0.354 e. The van der Waals surface area contributed by atoms with Gasteiger partial charge in [0.15, 0.2) is 12.6 Å². The molecule has 166 valence electrons. The van der Waals surface area contributed by atoms with Crippen LogP contribution in [0.2, 0.25) is 0 Å². The van der Waals surface area contributed by atoms with Gasteiger partial charge in [-0.1, -0.05) is 60.2 Å². The predicted octanol–water partition coefficient (Wildman–Crippen LogP) is 7.55. The molecular formula is C30H22FNO2. The molecule has 0 aliphatic rings. The maximum atomic E-state index is 14.3. The van der Waals surface area contributed by atoms with Crippen LogP contribution in [0.4, 0.5) is 4.39 Å². The van der Waals surface area contributed by atoms with Crippen molar-refractivity contribution < 1.29 is 14.0 Å². The lowest BCUT2D eigenvalue weighted by atomic mass is 9.90. The Hall–Kier alpha value is -4.31. The molecule has 1 heterocycles. The maximum absolute atomic E-state index is 14.3. The second-order valence-electron chi connectivity index (χ2n) is 8.51. The highest BCUT2D eigenvalue weighted by atomic mass is 19.1. The molecule has 4 heteroatoms. The number of aryl methyl sites for hydroxylation is 2. The second kappa shape index (κ2) is 8.56. The molecule has 0 saturated carbocycles. The van der Waals surface area contributed by atoms with Gasteiger partial charge < -0.3 is 4.98 Å². The van der Waals surface area contributed by atoms with Crippen molar-refractivity contribution in [2.75, 3.05) is 0 Å². The normalized spacial score (nSPS) is 11.0. The van der Waals surface area contributed by atoms with Crippen molar-refractivity contribution in [2.24, 2.45) is 0 Å². The van der Waals surface area contributed by atoms with Gasteiger partial charge in [0.1, 0.15) is 5.82 Å². The first-order valence-corrected chi connectivity index (χ1v) is 11.0. The summed E-state index contributed by atoms with van der Waals surface area (Å²) in [6.07, 6.45) is 1.46. The summed E-state index contributed by atoms with van der Waals surface area (Å²) >= 11 is 0. The molecule has 0 bridgehead atoms. The number of benzene rings is 4. The number of fused-ring (bicyclic) bond motifs is 1. The molecule has 0 amide bonds. The molecule has 1 N–H and O–H groups in total. The summed E-state index contributed by atoms with van der Waals surface area (Å²) in [7, 11) is 0. The number of halogens is 1. The third kappa shape index (κ3) is 3.63. The molecule has 0 saturated heterocycles. The van der Waals surface area contributed by atoms with Gasteiger partial charge in [-0.05, 0) is 60.4 Å². The number of carbonyl (C=O) groups excluding carboxylic acids is 2. The number of aromatic amines is 1. The molecule has 34 heavy (non-hydrogen) atoms. The van der Waals surface area contributed by atoms with Crippen LogP contribution in [-0.4, -0.2) is 17.6 Å². The van der Waals surface area contributed by atoms with Crippen molar-refractivity contribution in [3.8, 4) is 33.5 Å². The Kier molecular flexibility index (Phi) is 5.42. The van der Waals surface area contributed by atoms with Crippen LogP contribution in [0, 0.1) is 19.7 Å². The second-order valence-corrected chi connectivity index (χ2v) is 8.51. The van der Waals surface area contributed by atoms with Gasteiger partial charge in [-0.3, -0.25) is 9.59 Å². The number of rotatable bonds is 5. The van der Waals surface area contributed by atoms with E-state index in [1.807, 2.05) is 12.1 Å². The maximum Gasteiger partial charge on any atom is 0.150 e. The van der Waals surface area contributed by atoms with Gasteiger partial charge in [-0.25, -0.2) is 4.39 Å². The van der Waals surface area contributed by atoms with E-state index in [9.17, 15) is 14.0 Å². The van der Waals surface area contributed by atoms with Gasteiger partial charge in [-0.15, -0.1) is 0 Å². The Labute approximate surface area is 196 Å². The number of aldehydes is 2. The van der Waals surface area contributed by atoms with E-state index < -0.39 is 0 Å². The summed E-state index contributed by atoms with van der Waals surface area (Å²) < 4.78 is 14.3. The monoisotopic (exact) mass is 447 g/mol. The quantitative estimate of drug-likeness (QED) is 0.283. The van der Waals surface area contributed by atoms with E-state index in [-0.39, 0.29) is 5.82 Å². The molecule has 0 radical (unpaired) electrons. The predicted molar refractivity (Wildman–Crippen MR) is 135 cm³/mol. The fourth-order valence-corrected chi connectivity index (χ4v) is 4.69. The first-order valence-electron chi connectivity index (χ1n) is 11.0. The van der Waals surface area contributed by atoms with Crippen molar-refractivity contribution in [1.82, 2.24) is 4.98 Å². The Morgan fingerprint density at radius 3 is 2.15 bits per heavy atom. The first kappa shape index (κ1) is 21.5. The summed E-state index contributed by atoms with van der Waals surface area (Å²) in [6, 6.07) is 23.9. The van der Waals surface area contributed by atoms with E-state index >= 15 is 0 Å². The summed E-state index contributed by atoms with van der Waals surface area (Å²) in [5, 5.41) is 0.615. The molecule has 0 aliphatic heterocycles. The molecule has 4 aromatic carbocycles. The molecule has 1 aromatic heterocycles. The minimum atomic E-state index is -0.389. The first-order chi connectivity index (χ1) is 16.5. The molecule has 5 rings (SSSR count). The SMILES string of the molecule is Cc1ccc(-c2cccc(-c3[nH]c4ccc(F)cc4c3-c3c(C=O)cccc3C=O)c2)c(C)c1. The highest BCUT2D eigenvalue weighted by Crippen LogP contribution is 2.42. The lowest BCUT2D eigenvalue weighted by Gasteiger charge is -2.13. The Balaban J connectivity index is 1.82. The Morgan fingerprint density at radius 1 is 0.735 bits per heavy atom. The van der Waals surface area contributed by atoms with Crippen molar-refractivity contribution in [2.45, 2.75) is 13.8 Å². The van der Waals surface area contributed by atoms with Gasteiger partial charge in [-0.2, -0.15) is 0 Å². The zero-order chi connectivity index (χ0) is 23.8. The molecule has 0 fully saturated rings. The number of aromatic nitrogens is 1. The summed E-state index contributed by atoms with van der Waals surface area (Å²) in [5.74, 6) is -0.389. The van der Waals surface area contributed by atoms with Crippen LogP contribution in [0.5, 0.6) is 0 Å².